The Morgan fingerprint density at radius 2 is 2.35 bits per heavy atom. The van der Waals surface area contributed by atoms with Gasteiger partial charge < -0.3 is 14.8 Å². The molecule has 0 aliphatic heterocycles. The molecule has 0 radical (unpaired) electrons. The fourth-order valence-corrected chi connectivity index (χ4v) is 2.55. The fraction of sp³-hybridized carbons (Fsp3) is 0.500. The van der Waals surface area contributed by atoms with Crippen molar-refractivity contribution in [2.75, 3.05) is 6.61 Å². The van der Waals surface area contributed by atoms with Gasteiger partial charge in [-0.1, -0.05) is 0 Å². The molecule has 1 rings (SSSR count). The maximum Gasteiger partial charge on any atom is 0.217 e. The summed E-state index contributed by atoms with van der Waals surface area (Å²) in [4.78, 5) is 23.0. The third-order valence-corrected chi connectivity index (χ3v) is 3.33. The van der Waals surface area contributed by atoms with Gasteiger partial charge in [-0.15, -0.1) is 11.3 Å². The molecule has 0 saturated heterocycles. The predicted molar refractivity (Wildman–Crippen MR) is 67.1 cm³/mol. The van der Waals surface area contributed by atoms with Gasteiger partial charge in [0.25, 0.3) is 0 Å². The fourth-order valence-electron chi connectivity index (χ4n) is 1.56. The van der Waals surface area contributed by atoms with Gasteiger partial charge in [0, 0.05) is 18.4 Å². The van der Waals surface area contributed by atoms with Gasteiger partial charge in [0.1, 0.15) is 18.4 Å². The Labute approximate surface area is 105 Å². The first-order chi connectivity index (χ1) is 8.08. The molecule has 0 bridgehead atoms. The van der Waals surface area contributed by atoms with Crippen molar-refractivity contribution in [3.63, 3.8) is 0 Å². The molecular formula is C12H17NO3S. The van der Waals surface area contributed by atoms with Crippen LogP contribution in [-0.2, 0) is 14.3 Å². The van der Waals surface area contributed by atoms with E-state index < -0.39 is 12.1 Å². The molecule has 5 heteroatoms. The lowest BCUT2D eigenvalue weighted by molar-refractivity contribution is -0.125. The van der Waals surface area contributed by atoms with Crippen molar-refractivity contribution in [1.29, 1.82) is 0 Å². The van der Waals surface area contributed by atoms with Gasteiger partial charge >= 0.3 is 0 Å². The zero-order valence-corrected chi connectivity index (χ0v) is 11.0. The zero-order valence-electron chi connectivity index (χ0n) is 10.2. The predicted octanol–water partition coefficient (Wildman–Crippen LogP) is 1.84. The SMILES string of the molecule is CCO[C@H](c1cc(C)cs1)[C@H](C=O)NC(C)=O. The molecule has 0 saturated carbocycles. The van der Waals surface area contributed by atoms with E-state index in [9.17, 15) is 9.59 Å². The summed E-state index contributed by atoms with van der Waals surface area (Å²) < 4.78 is 5.56. The van der Waals surface area contributed by atoms with Crippen LogP contribution in [0.1, 0.15) is 30.4 Å². The second-order valence-corrected chi connectivity index (χ2v) is 4.71. The molecule has 0 spiro atoms. The summed E-state index contributed by atoms with van der Waals surface area (Å²) in [6, 6.07) is 1.34. The van der Waals surface area contributed by atoms with Crippen LogP contribution in [0.3, 0.4) is 0 Å². The minimum atomic E-state index is -0.634. The molecule has 4 nitrogen and oxygen atoms in total. The number of aryl methyl sites for hydroxylation is 1. The highest BCUT2D eigenvalue weighted by Crippen LogP contribution is 2.27. The van der Waals surface area contributed by atoms with E-state index >= 15 is 0 Å². The van der Waals surface area contributed by atoms with E-state index in [0.29, 0.717) is 6.61 Å². The molecule has 0 aliphatic rings. The summed E-state index contributed by atoms with van der Waals surface area (Å²) in [5.41, 5.74) is 1.13. The molecule has 0 fully saturated rings. The van der Waals surface area contributed by atoms with E-state index in [1.54, 1.807) is 0 Å². The first-order valence-corrected chi connectivity index (χ1v) is 6.35. The van der Waals surface area contributed by atoms with Gasteiger partial charge in [-0.25, -0.2) is 0 Å². The van der Waals surface area contributed by atoms with E-state index in [-0.39, 0.29) is 5.91 Å². The first kappa shape index (κ1) is 13.9. The molecule has 0 unspecified atom stereocenters. The van der Waals surface area contributed by atoms with Gasteiger partial charge in [0.2, 0.25) is 5.91 Å². The topological polar surface area (TPSA) is 55.4 Å². The third-order valence-electron chi connectivity index (χ3n) is 2.22. The Balaban J connectivity index is 2.89. The molecule has 1 aromatic rings. The van der Waals surface area contributed by atoms with Crippen molar-refractivity contribution in [3.05, 3.63) is 21.9 Å². The van der Waals surface area contributed by atoms with E-state index in [1.165, 1.54) is 18.3 Å². The van der Waals surface area contributed by atoms with Crippen LogP contribution in [0.2, 0.25) is 0 Å². The number of thiophene rings is 1. The van der Waals surface area contributed by atoms with Crippen molar-refractivity contribution < 1.29 is 14.3 Å². The lowest BCUT2D eigenvalue weighted by Crippen LogP contribution is -2.40. The number of aldehydes is 1. The Hall–Kier alpha value is -1.20. The average Bonchev–Trinajstić information content (AvgIpc) is 2.69. The van der Waals surface area contributed by atoms with Gasteiger partial charge in [-0.2, -0.15) is 0 Å². The maximum atomic E-state index is 11.0. The van der Waals surface area contributed by atoms with Gasteiger partial charge in [-0.05, 0) is 30.9 Å². The normalized spacial score (nSPS) is 14.1. The van der Waals surface area contributed by atoms with Crippen LogP contribution in [-0.4, -0.2) is 24.8 Å². The Morgan fingerprint density at radius 3 is 2.76 bits per heavy atom. The number of carbonyl (C=O) groups excluding carboxylic acids is 2. The van der Waals surface area contributed by atoms with Crippen molar-refractivity contribution in [3.8, 4) is 0 Å². The summed E-state index contributed by atoms with van der Waals surface area (Å²) in [5.74, 6) is -0.236. The van der Waals surface area contributed by atoms with Gasteiger partial charge in [0.15, 0.2) is 0 Å². The minimum absolute atomic E-state index is 0.236. The Kier molecular flexibility index (Phi) is 5.31. The molecule has 1 heterocycles. The van der Waals surface area contributed by atoms with Crippen LogP contribution >= 0.6 is 11.3 Å². The summed E-state index contributed by atoms with van der Waals surface area (Å²) in [6.07, 6.45) is 0.316. The summed E-state index contributed by atoms with van der Waals surface area (Å²) in [7, 11) is 0. The molecule has 2 atom stereocenters. The quantitative estimate of drug-likeness (QED) is 0.789. The molecule has 0 aliphatic carbocycles. The highest BCUT2D eigenvalue weighted by Gasteiger charge is 2.25. The number of carbonyl (C=O) groups is 2. The number of hydrogen-bond acceptors (Lipinski definition) is 4. The number of hydrogen-bond donors (Lipinski definition) is 1. The molecule has 1 N–H and O–H groups in total. The molecule has 1 amide bonds. The maximum absolute atomic E-state index is 11.0. The third kappa shape index (κ3) is 3.94. The molecule has 94 valence electrons. The van der Waals surface area contributed by atoms with Crippen molar-refractivity contribution in [2.24, 2.45) is 0 Å². The molecule has 1 aromatic heterocycles. The van der Waals surface area contributed by atoms with Crippen LogP contribution in [0.5, 0.6) is 0 Å². The van der Waals surface area contributed by atoms with Crippen LogP contribution in [0, 0.1) is 6.92 Å². The van der Waals surface area contributed by atoms with Crippen LogP contribution in [0.4, 0.5) is 0 Å². The smallest absolute Gasteiger partial charge is 0.217 e. The number of amides is 1. The molecule has 17 heavy (non-hydrogen) atoms. The second-order valence-electron chi connectivity index (χ2n) is 3.76. The second kappa shape index (κ2) is 6.51. The average molecular weight is 255 g/mol. The largest absolute Gasteiger partial charge is 0.370 e. The van der Waals surface area contributed by atoms with E-state index in [4.69, 9.17) is 4.74 Å². The monoisotopic (exact) mass is 255 g/mol. The van der Waals surface area contributed by atoms with Crippen LogP contribution in [0.15, 0.2) is 11.4 Å². The Bertz CT molecular complexity index is 389. The molecule has 0 aromatic carbocycles. The standard InChI is InChI=1S/C12H17NO3S/c1-4-16-12(10(6-14)13-9(3)15)11-5-8(2)7-17-11/h5-7,10,12H,4H2,1-3H3,(H,13,15)/t10-,12-/m0/s1. The Morgan fingerprint density at radius 1 is 1.65 bits per heavy atom. The van der Waals surface area contributed by atoms with E-state index in [1.807, 2.05) is 25.3 Å². The van der Waals surface area contributed by atoms with Crippen LogP contribution < -0.4 is 5.32 Å². The van der Waals surface area contributed by atoms with Crippen molar-refractivity contribution in [2.45, 2.75) is 32.9 Å². The van der Waals surface area contributed by atoms with Crippen LogP contribution in [0.25, 0.3) is 0 Å². The van der Waals surface area contributed by atoms with Gasteiger partial charge in [-0.3, -0.25) is 4.79 Å². The summed E-state index contributed by atoms with van der Waals surface area (Å²) >= 11 is 1.53. The summed E-state index contributed by atoms with van der Waals surface area (Å²) in [6.45, 7) is 5.73. The molecular weight excluding hydrogens is 238 g/mol. The number of nitrogens with one attached hydrogen (secondary N) is 1. The minimum Gasteiger partial charge on any atom is -0.370 e. The zero-order chi connectivity index (χ0) is 12.8. The van der Waals surface area contributed by atoms with Crippen molar-refractivity contribution in [1.82, 2.24) is 5.32 Å². The lowest BCUT2D eigenvalue weighted by atomic mass is 10.1. The highest BCUT2D eigenvalue weighted by molar-refractivity contribution is 7.10. The lowest BCUT2D eigenvalue weighted by Gasteiger charge is -2.22. The highest BCUT2D eigenvalue weighted by atomic mass is 32.1. The number of rotatable bonds is 6. The van der Waals surface area contributed by atoms with Gasteiger partial charge in [0.05, 0.1) is 0 Å². The van der Waals surface area contributed by atoms with E-state index in [2.05, 4.69) is 5.32 Å². The van der Waals surface area contributed by atoms with Crippen molar-refractivity contribution >= 4 is 23.5 Å². The van der Waals surface area contributed by atoms with E-state index in [0.717, 1.165) is 16.7 Å². The first-order valence-electron chi connectivity index (χ1n) is 5.47. The summed E-state index contributed by atoms with van der Waals surface area (Å²) in [5, 5.41) is 4.59. The number of ether oxygens (including phenoxy) is 1.